The molecular formula is C20H33NO4. The number of likely N-dealkylation sites (N-methyl/N-ethyl adjacent to an activating group) is 1. The summed E-state index contributed by atoms with van der Waals surface area (Å²) in [6.07, 6.45) is 7.09. The van der Waals surface area contributed by atoms with Gasteiger partial charge in [0, 0.05) is 23.5 Å². The summed E-state index contributed by atoms with van der Waals surface area (Å²) in [5.41, 5.74) is -1.01. The molecule has 0 saturated heterocycles. The molecule has 0 aromatic rings. The van der Waals surface area contributed by atoms with Crippen LogP contribution in [-0.2, 0) is 19.1 Å². The molecule has 25 heavy (non-hydrogen) atoms. The summed E-state index contributed by atoms with van der Waals surface area (Å²) < 4.78 is 5.08. The fourth-order valence-electron chi connectivity index (χ4n) is 1.85. The van der Waals surface area contributed by atoms with E-state index in [-0.39, 0.29) is 18.2 Å². The van der Waals surface area contributed by atoms with Crippen LogP contribution in [0, 0.1) is 10.8 Å². The van der Waals surface area contributed by atoms with Crippen molar-refractivity contribution >= 4 is 17.5 Å². The zero-order valence-electron chi connectivity index (χ0n) is 16.7. The van der Waals surface area contributed by atoms with E-state index in [1.54, 1.807) is 26.8 Å². The molecule has 0 aromatic carbocycles. The van der Waals surface area contributed by atoms with Crippen LogP contribution in [0.3, 0.4) is 0 Å². The first-order valence-corrected chi connectivity index (χ1v) is 8.61. The van der Waals surface area contributed by atoms with E-state index in [4.69, 9.17) is 4.74 Å². The molecule has 0 aliphatic carbocycles. The van der Waals surface area contributed by atoms with Crippen LogP contribution in [0.2, 0.25) is 0 Å². The fourth-order valence-corrected chi connectivity index (χ4v) is 1.85. The van der Waals surface area contributed by atoms with Gasteiger partial charge in [-0.1, -0.05) is 40.7 Å². The molecule has 0 radical (unpaired) electrons. The Hall–Kier alpha value is -1.75. The van der Waals surface area contributed by atoms with E-state index in [0.29, 0.717) is 12.8 Å². The number of allylic oxidation sites excluding steroid dienone is 2. The van der Waals surface area contributed by atoms with Crippen LogP contribution in [0.4, 0.5) is 0 Å². The minimum atomic E-state index is -0.535. The van der Waals surface area contributed by atoms with E-state index < -0.39 is 16.8 Å². The zero-order valence-corrected chi connectivity index (χ0v) is 16.7. The first-order valence-electron chi connectivity index (χ1n) is 8.61. The van der Waals surface area contributed by atoms with E-state index >= 15 is 0 Å². The van der Waals surface area contributed by atoms with Gasteiger partial charge in [0.15, 0.2) is 11.6 Å². The van der Waals surface area contributed by atoms with Gasteiger partial charge in [0.2, 0.25) is 0 Å². The van der Waals surface area contributed by atoms with Crippen LogP contribution in [0.25, 0.3) is 0 Å². The summed E-state index contributed by atoms with van der Waals surface area (Å²) in [6, 6.07) is 0. The van der Waals surface area contributed by atoms with Gasteiger partial charge in [0.25, 0.3) is 0 Å². The molecular weight excluding hydrogens is 318 g/mol. The van der Waals surface area contributed by atoms with Gasteiger partial charge in [-0.15, -0.1) is 0 Å². The van der Waals surface area contributed by atoms with Crippen molar-refractivity contribution in [3.63, 3.8) is 0 Å². The highest BCUT2D eigenvalue weighted by molar-refractivity contribution is 5.98. The minimum Gasteiger partial charge on any atom is -0.463 e. The number of rotatable bonds is 10. The number of ether oxygens (including phenoxy) is 1. The number of hydrogen-bond acceptors (Lipinski definition) is 5. The standard InChI is InChI=1S/C20H33NO4/c1-19(2,3)16(22)11-12-18(24)25-15-9-13-20(4,5)17(23)10-8-14-21(6)7/h8,10-12H,9,13-15H2,1-7H3/b10-8+,12-11+. The molecule has 5 nitrogen and oxygen atoms in total. The molecule has 0 aliphatic rings. The summed E-state index contributed by atoms with van der Waals surface area (Å²) in [5, 5.41) is 0. The Morgan fingerprint density at radius 1 is 0.920 bits per heavy atom. The topological polar surface area (TPSA) is 63.7 Å². The molecule has 0 spiro atoms. The number of ketones is 2. The summed E-state index contributed by atoms with van der Waals surface area (Å²) in [5.74, 6) is -0.593. The second-order valence-corrected chi connectivity index (χ2v) is 8.13. The van der Waals surface area contributed by atoms with Crippen molar-refractivity contribution < 1.29 is 19.1 Å². The number of carbonyl (C=O) groups is 3. The molecule has 0 aromatic heterocycles. The lowest BCUT2D eigenvalue weighted by molar-refractivity contribution is -0.138. The molecule has 0 heterocycles. The van der Waals surface area contributed by atoms with Crippen molar-refractivity contribution in [1.82, 2.24) is 4.90 Å². The third-order valence-electron chi connectivity index (χ3n) is 3.71. The van der Waals surface area contributed by atoms with E-state index in [0.717, 1.165) is 12.6 Å². The second kappa shape index (κ2) is 10.3. The summed E-state index contributed by atoms with van der Waals surface area (Å²) >= 11 is 0. The molecule has 0 saturated carbocycles. The van der Waals surface area contributed by atoms with Crippen LogP contribution in [0.5, 0.6) is 0 Å². The Labute approximate surface area is 152 Å². The minimum absolute atomic E-state index is 0.0661. The van der Waals surface area contributed by atoms with Crippen molar-refractivity contribution in [1.29, 1.82) is 0 Å². The van der Waals surface area contributed by atoms with Crippen molar-refractivity contribution in [3.05, 3.63) is 24.3 Å². The van der Waals surface area contributed by atoms with Crippen LogP contribution >= 0.6 is 0 Å². The molecule has 0 amide bonds. The smallest absolute Gasteiger partial charge is 0.330 e. The molecule has 5 heteroatoms. The molecule has 0 unspecified atom stereocenters. The lowest BCUT2D eigenvalue weighted by Gasteiger charge is -2.21. The van der Waals surface area contributed by atoms with Crippen LogP contribution in [0.1, 0.15) is 47.5 Å². The van der Waals surface area contributed by atoms with Crippen LogP contribution in [-0.4, -0.2) is 49.7 Å². The lowest BCUT2D eigenvalue weighted by Crippen LogP contribution is -2.23. The maximum atomic E-state index is 12.2. The fraction of sp³-hybridized carbons (Fsp3) is 0.650. The molecule has 142 valence electrons. The van der Waals surface area contributed by atoms with Gasteiger partial charge in [0.05, 0.1) is 6.61 Å². The van der Waals surface area contributed by atoms with Gasteiger partial charge in [-0.3, -0.25) is 9.59 Å². The quantitative estimate of drug-likeness (QED) is 0.344. The number of carbonyl (C=O) groups excluding carboxylic acids is 3. The largest absolute Gasteiger partial charge is 0.463 e. The summed E-state index contributed by atoms with van der Waals surface area (Å²) in [6.45, 7) is 10.1. The third kappa shape index (κ3) is 10.7. The van der Waals surface area contributed by atoms with E-state index in [2.05, 4.69) is 0 Å². The number of hydrogen-bond donors (Lipinski definition) is 0. The Kier molecular flexibility index (Phi) is 9.57. The molecule has 0 fully saturated rings. The average Bonchev–Trinajstić information content (AvgIpc) is 2.47. The molecule has 0 rings (SSSR count). The van der Waals surface area contributed by atoms with Crippen molar-refractivity contribution in [3.8, 4) is 0 Å². The van der Waals surface area contributed by atoms with Crippen molar-refractivity contribution in [2.75, 3.05) is 27.2 Å². The van der Waals surface area contributed by atoms with E-state index in [1.165, 1.54) is 6.08 Å². The van der Waals surface area contributed by atoms with Crippen LogP contribution in [0.15, 0.2) is 24.3 Å². The molecule has 0 aliphatic heterocycles. The van der Waals surface area contributed by atoms with Gasteiger partial charge < -0.3 is 9.64 Å². The highest BCUT2D eigenvalue weighted by Crippen LogP contribution is 2.24. The molecule has 0 atom stereocenters. The molecule has 0 N–H and O–H groups in total. The SMILES string of the molecule is CN(C)C/C=C/C(=O)C(C)(C)CCCOC(=O)/C=C/C(=O)C(C)(C)C. The maximum Gasteiger partial charge on any atom is 0.330 e. The van der Waals surface area contributed by atoms with Gasteiger partial charge in [0.1, 0.15) is 0 Å². The lowest BCUT2D eigenvalue weighted by atomic mass is 9.83. The van der Waals surface area contributed by atoms with Gasteiger partial charge >= 0.3 is 5.97 Å². The first-order chi connectivity index (χ1) is 11.4. The average molecular weight is 351 g/mol. The first kappa shape index (κ1) is 23.2. The van der Waals surface area contributed by atoms with Crippen LogP contribution < -0.4 is 0 Å². The van der Waals surface area contributed by atoms with E-state index in [1.807, 2.05) is 38.9 Å². The monoisotopic (exact) mass is 351 g/mol. The zero-order chi connectivity index (χ0) is 19.7. The highest BCUT2D eigenvalue weighted by Gasteiger charge is 2.24. The van der Waals surface area contributed by atoms with Gasteiger partial charge in [-0.25, -0.2) is 4.79 Å². The summed E-state index contributed by atoms with van der Waals surface area (Å²) in [7, 11) is 3.88. The highest BCUT2D eigenvalue weighted by atomic mass is 16.5. The van der Waals surface area contributed by atoms with Gasteiger partial charge in [-0.2, -0.15) is 0 Å². The molecule has 0 bridgehead atoms. The summed E-state index contributed by atoms with van der Waals surface area (Å²) in [4.78, 5) is 37.5. The Bertz CT molecular complexity index is 522. The second-order valence-electron chi connectivity index (χ2n) is 8.13. The maximum absolute atomic E-state index is 12.2. The third-order valence-corrected chi connectivity index (χ3v) is 3.71. The Morgan fingerprint density at radius 2 is 1.52 bits per heavy atom. The Balaban J connectivity index is 4.23. The number of nitrogens with zero attached hydrogens (tertiary/aromatic N) is 1. The van der Waals surface area contributed by atoms with Gasteiger partial charge in [-0.05, 0) is 39.1 Å². The normalized spacial score (nSPS) is 13.0. The number of esters is 1. The van der Waals surface area contributed by atoms with Crippen molar-refractivity contribution in [2.45, 2.75) is 47.5 Å². The Morgan fingerprint density at radius 3 is 2.04 bits per heavy atom. The van der Waals surface area contributed by atoms with E-state index in [9.17, 15) is 14.4 Å². The predicted octanol–water partition coefficient (Wildman–Crippen LogP) is 3.19. The predicted molar refractivity (Wildman–Crippen MR) is 100 cm³/mol. The van der Waals surface area contributed by atoms with Crippen molar-refractivity contribution in [2.24, 2.45) is 10.8 Å².